The molecule has 0 unspecified atom stereocenters. The highest BCUT2D eigenvalue weighted by molar-refractivity contribution is 5.93. The number of hydrogen-bond donors (Lipinski definition) is 2. The van der Waals surface area contributed by atoms with Gasteiger partial charge in [0, 0.05) is 57.1 Å². The number of ether oxygens (including phenoxy) is 2. The standard InChI is InChI=1S/C21H27N3O6/c1-14(25)22-18-11-17-15(12-23-2-6-28-7-3-23)10-16(13-24-4-8-29-9-5-24)19(26)20(17)30-21(18)27/h10-11,26H,2-9,12-13H2,1H3,(H,22,25). The van der Waals surface area contributed by atoms with E-state index in [1.54, 1.807) is 6.07 Å². The highest BCUT2D eigenvalue weighted by Gasteiger charge is 2.21. The molecule has 0 aliphatic carbocycles. The molecule has 0 spiro atoms. The molecule has 9 nitrogen and oxygen atoms in total. The second kappa shape index (κ2) is 9.13. The highest BCUT2D eigenvalue weighted by Crippen LogP contribution is 2.34. The molecule has 0 bridgehead atoms. The predicted molar refractivity (Wildman–Crippen MR) is 111 cm³/mol. The number of carbonyl (C=O) groups excluding carboxylic acids is 1. The lowest BCUT2D eigenvalue weighted by Gasteiger charge is -2.29. The van der Waals surface area contributed by atoms with Gasteiger partial charge in [-0.1, -0.05) is 0 Å². The normalized spacial score (nSPS) is 18.6. The molecule has 2 saturated heterocycles. The molecule has 4 rings (SSSR count). The van der Waals surface area contributed by atoms with Crippen LogP contribution >= 0.6 is 0 Å². The van der Waals surface area contributed by atoms with Gasteiger partial charge in [0.1, 0.15) is 5.69 Å². The van der Waals surface area contributed by atoms with Gasteiger partial charge >= 0.3 is 5.63 Å². The van der Waals surface area contributed by atoms with Crippen LogP contribution in [-0.4, -0.2) is 73.4 Å². The van der Waals surface area contributed by atoms with Gasteiger partial charge in [0.05, 0.1) is 26.4 Å². The minimum absolute atomic E-state index is 0.0336. The monoisotopic (exact) mass is 417 g/mol. The maximum atomic E-state index is 12.4. The van der Waals surface area contributed by atoms with Crippen molar-refractivity contribution in [3.63, 3.8) is 0 Å². The zero-order valence-corrected chi connectivity index (χ0v) is 17.1. The minimum atomic E-state index is -0.686. The molecule has 1 amide bonds. The number of phenols is 1. The van der Waals surface area contributed by atoms with Crippen molar-refractivity contribution in [1.82, 2.24) is 9.80 Å². The third kappa shape index (κ3) is 4.65. The SMILES string of the molecule is CC(=O)Nc1cc2c(CN3CCOCC3)cc(CN3CCOCC3)c(O)c2oc1=O. The molecule has 9 heteroatoms. The van der Waals surface area contributed by atoms with E-state index < -0.39 is 5.63 Å². The van der Waals surface area contributed by atoms with Crippen molar-refractivity contribution in [2.24, 2.45) is 0 Å². The number of carbonyl (C=O) groups is 1. The average molecular weight is 417 g/mol. The van der Waals surface area contributed by atoms with E-state index in [2.05, 4.69) is 15.1 Å². The lowest BCUT2D eigenvalue weighted by atomic mass is 10.0. The molecule has 2 aliphatic rings. The van der Waals surface area contributed by atoms with E-state index in [-0.39, 0.29) is 22.9 Å². The topological polar surface area (TPSA) is 104 Å². The molecule has 2 aliphatic heterocycles. The van der Waals surface area contributed by atoms with Gasteiger partial charge in [-0.2, -0.15) is 0 Å². The first kappa shape index (κ1) is 20.8. The summed E-state index contributed by atoms with van der Waals surface area (Å²) in [7, 11) is 0. The fraction of sp³-hybridized carbons (Fsp3) is 0.524. The van der Waals surface area contributed by atoms with Gasteiger partial charge in [0.15, 0.2) is 11.3 Å². The quantitative estimate of drug-likeness (QED) is 0.698. The summed E-state index contributed by atoms with van der Waals surface area (Å²) >= 11 is 0. The zero-order valence-electron chi connectivity index (χ0n) is 17.1. The lowest BCUT2D eigenvalue weighted by Crippen LogP contribution is -2.36. The molecular weight excluding hydrogens is 390 g/mol. The van der Waals surface area contributed by atoms with Crippen molar-refractivity contribution in [2.75, 3.05) is 57.9 Å². The Balaban J connectivity index is 1.76. The number of amides is 1. The Morgan fingerprint density at radius 1 is 1.00 bits per heavy atom. The molecule has 0 radical (unpaired) electrons. The van der Waals surface area contributed by atoms with Crippen molar-refractivity contribution >= 4 is 22.6 Å². The van der Waals surface area contributed by atoms with Crippen LogP contribution in [0.1, 0.15) is 18.1 Å². The van der Waals surface area contributed by atoms with Crippen molar-refractivity contribution in [3.05, 3.63) is 33.7 Å². The first-order chi connectivity index (χ1) is 14.5. The summed E-state index contributed by atoms with van der Waals surface area (Å²) in [5.74, 6) is -0.391. The number of anilines is 1. The van der Waals surface area contributed by atoms with Crippen LogP contribution in [0.3, 0.4) is 0 Å². The molecule has 3 heterocycles. The van der Waals surface area contributed by atoms with Gasteiger partial charge in [-0.15, -0.1) is 0 Å². The van der Waals surface area contributed by atoms with Gasteiger partial charge in [-0.05, 0) is 17.7 Å². The number of morpholine rings is 2. The Labute approximate surface area is 174 Å². The van der Waals surface area contributed by atoms with Crippen LogP contribution in [0.15, 0.2) is 21.3 Å². The zero-order chi connectivity index (χ0) is 21.1. The first-order valence-electron chi connectivity index (χ1n) is 10.2. The predicted octanol–water partition coefficient (Wildman–Crippen LogP) is 1.12. The second-order valence-corrected chi connectivity index (χ2v) is 7.69. The number of benzene rings is 1. The fourth-order valence-electron chi connectivity index (χ4n) is 3.92. The maximum absolute atomic E-state index is 12.4. The number of fused-ring (bicyclic) bond motifs is 1. The Bertz CT molecular complexity index is 977. The summed E-state index contributed by atoms with van der Waals surface area (Å²) in [5.41, 5.74) is 1.18. The van der Waals surface area contributed by atoms with Crippen LogP contribution in [-0.2, 0) is 27.4 Å². The second-order valence-electron chi connectivity index (χ2n) is 7.69. The number of hydrogen-bond acceptors (Lipinski definition) is 8. The van der Waals surface area contributed by atoms with Crippen LogP contribution in [0.5, 0.6) is 5.75 Å². The highest BCUT2D eigenvalue weighted by atomic mass is 16.5. The number of nitrogens with zero attached hydrogens (tertiary/aromatic N) is 2. The number of nitrogens with one attached hydrogen (secondary N) is 1. The molecule has 30 heavy (non-hydrogen) atoms. The third-order valence-electron chi connectivity index (χ3n) is 5.47. The number of phenolic OH excluding ortho intramolecular Hbond substituents is 1. The van der Waals surface area contributed by atoms with Gasteiger partial charge in [0.25, 0.3) is 0 Å². The molecule has 2 fully saturated rings. The summed E-state index contributed by atoms with van der Waals surface area (Å²) < 4.78 is 16.3. The molecule has 1 aromatic carbocycles. The van der Waals surface area contributed by atoms with Crippen molar-refractivity contribution in [1.29, 1.82) is 0 Å². The lowest BCUT2D eigenvalue weighted by molar-refractivity contribution is -0.114. The van der Waals surface area contributed by atoms with Gasteiger partial charge in [0.2, 0.25) is 5.91 Å². The summed E-state index contributed by atoms with van der Waals surface area (Å²) in [6, 6.07) is 3.57. The van der Waals surface area contributed by atoms with Gasteiger partial charge < -0.3 is 24.3 Å². The number of rotatable bonds is 5. The molecular formula is C21H27N3O6. The Kier molecular flexibility index (Phi) is 6.33. The van der Waals surface area contributed by atoms with Crippen molar-refractivity contribution in [3.8, 4) is 5.75 Å². The van der Waals surface area contributed by atoms with E-state index in [0.29, 0.717) is 50.5 Å². The third-order valence-corrected chi connectivity index (χ3v) is 5.47. The van der Waals surface area contributed by atoms with Gasteiger partial charge in [-0.25, -0.2) is 4.79 Å². The molecule has 0 saturated carbocycles. The smallest absolute Gasteiger partial charge is 0.360 e. The molecule has 2 aromatic rings. The summed E-state index contributed by atoms with van der Waals surface area (Å²) in [6.07, 6.45) is 0. The van der Waals surface area contributed by atoms with Crippen LogP contribution in [0.4, 0.5) is 5.69 Å². The summed E-state index contributed by atoms with van der Waals surface area (Å²) in [5, 5.41) is 14.0. The maximum Gasteiger partial charge on any atom is 0.360 e. The van der Waals surface area contributed by atoms with Crippen molar-refractivity contribution < 1.29 is 23.8 Å². The summed E-state index contributed by atoms with van der Waals surface area (Å²) in [6.45, 7) is 8.32. The summed E-state index contributed by atoms with van der Waals surface area (Å²) in [4.78, 5) is 28.3. The molecule has 0 atom stereocenters. The van der Waals surface area contributed by atoms with E-state index in [9.17, 15) is 14.7 Å². The molecule has 1 aromatic heterocycles. The van der Waals surface area contributed by atoms with Crippen molar-refractivity contribution in [2.45, 2.75) is 20.0 Å². The Morgan fingerprint density at radius 2 is 1.57 bits per heavy atom. The molecule has 162 valence electrons. The first-order valence-corrected chi connectivity index (χ1v) is 10.2. The van der Waals surface area contributed by atoms with Gasteiger partial charge in [-0.3, -0.25) is 14.6 Å². The van der Waals surface area contributed by atoms with Crippen LogP contribution in [0.25, 0.3) is 11.0 Å². The van der Waals surface area contributed by atoms with E-state index in [1.807, 2.05) is 6.07 Å². The largest absolute Gasteiger partial charge is 0.504 e. The number of aromatic hydroxyl groups is 1. The van der Waals surface area contributed by atoms with E-state index in [0.717, 1.165) is 31.7 Å². The minimum Gasteiger partial charge on any atom is -0.504 e. The fourth-order valence-corrected chi connectivity index (χ4v) is 3.92. The van der Waals surface area contributed by atoms with E-state index in [4.69, 9.17) is 13.9 Å². The van der Waals surface area contributed by atoms with E-state index >= 15 is 0 Å². The van der Waals surface area contributed by atoms with Crippen LogP contribution < -0.4 is 10.9 Å². The Hall–Kier alpha value is -2.46. The van der Waals surface area contributed by atoms with E-state index in [1.165, 1.54) is 6.92 Å². The molecule has 2 N–H and O–H groups in total. The Morgan fingerprint density at radius 3 is 2.13 bits per heavy atom. The van der Waals surface area contributed by atoms with Crippen LogP contribution in [0, 0.1) is 0 Å². The average Bonchev–Trinajstić information content (AvgIpc) is 2.74. The van der Waals surface area contributed by atoms with Crippen LogP contribution in [0.2, 0.25) is 0 Å².